The van der Waals surface area contributed by atoms with Gasteiger partial charge in [-0.05, 0) is 12.1 Å². The molecule has 0 aliphatic heterocycles. The van der Waals surface area contributed by atoms with Crippen molar-refractivity contribution >= 4 is 6.29 Å². The third kappa shape index (κ3) is 2.87. The van der Waals surface area contributed by atoms with Gasteiger partial charge in [0.15, 0.2) is 6.61 Å². The van der Waals surface area contributed by atoms with Crippen molar-refractivity contribution < 1.29 is 18.3 Å². The molecule has 0 unspecified atom stereocenters. The molecule has 2 rings (SSSR count). The Bertz CT molecular complexity index is 539. The van der Waals surface area contributed by atoms with Crippen LogP contribution in [0.3, 0.4) is 0 Å². The quantitative estimate of drug-likeness (QED) is 0.758. The first kappa shape index (κ1) is 11.3. The molecule has 88 valence electrons. The number of aryl methyl sites for hydroxylation is 1. The Morgan fingerprint density at radius 3 is 2.88 bits per heavy atom. The van der Waals surface area contributed by atoms with Gasteiger partial charge < -0.3 is 9.15 Å². The number of hydrogen-bond donors (Lipinski definition) is 0. The molecular formula is C11H9FN2O3. The van der Waals surface area contributed by atoms with Crippen molar-refractivity contribution in [3.05, 3.63) is 41.4 Å². The molecule has 1 aromatic carbocycles. The Morgan fingerprint density at radius 1 is 1.41 bits per heavy atom. The average molecular weight is 236 g/mol. The molecule has 1 aromatic heterocycles. The van der Waals surface area contributed by atoms with Gasteiger partial charge in [-0.15, -0.1) is 10.2 Å². The smallest absolute Gasteiger partial charge is 0.253 e. The van der Waals surface area contributed by atoms with Crippen molar-refractivity contribution in [2.75, 3.05) is 0 Å². The van der Waals surface area contributed by atoms with Gasteiger partial charge in [0.25, 0.3) is 5.89 Å². The third-order valence-electron chi connectivity index (χ3n) is 1.96. The first-order valence-corrected chi connectivity index (χ1v) is 4.85. The monoisotopic (exact) mass is 236 g/mol. The van der Waals surface area contributed by atoms with Crippen molar-refractivity contribution in [1.29, 1.82) is 0 Å². The van der Waals surface area contributed by atoms with Crippen LogP contribution < -0.4 is 4.74 Å². The predicted octanol–water partition coefficient (Wildman–Crippen LogP) is 1.91. The summed E-state index contributed by atoms with van der Waals surface area (Å²) in [5.41, 5.74) is 0.210. The zero-order valence-corrected chi connectivity index (χ0v) is 9.01. The van der Waals surface area contributed by atoms with E-state index in [9.17, 15) is 9.18 Å². The molecule has 0 aliphatic rings. The highest BCUT2D eigenvalue weighted by molar-refractivity contribution is 5.75. The molecule has 0 spiro atoms. The molecule has 0 saturated heterocycles. The summed E-state index contributed by atoms with van der Waals surface area (Å²) in [5, 5.41) is 7.34. The first-order chi connectivity index (χ1) is 8.17. The Balaban J connectivity index is 2.08. The van der Waals surface area contributed by atoms with Gasteiger partial charge in [-0.3, -0.25) is 4.79 Å². The lowest BCUT2D eigenvalue weighted by atomic mass is 10.2. The van der Waals surface area contributed by atoms with Crippen molar-refractivity contribution in [2.24, 2.45) is 0 Å². The van der Waals surface area contributed by atoms with Crippen molar-refractivity contribution in [3.8, 4) is 5.75 Å². The van der Waals surface area contributed by atoms with Gasteiger partial charge in [0.05, 0.1) is 0 Å². The number of aromatic nitrogens is 2. The number of carbonyl (C=O) groups excluding carboxylic acids is 1. The van der Waals surface area contributed by atoms with Crippen LogP contribution in [-0.4, -0.2) is 16.5 Å². The maximum Gasteiger partial charge on any atom is 0.253 e. The summed E-state index contributed by atoms with van der Waals surface area (Å²) in [6.45, 7) is 1.69. The highest BCUT2D eigenvalue weighted by Gasteiger charge is 2.05. The summed E-state index contributed by atoms with van der Waals surface area (Å²) in [6.07, 6.45) is 0.548. The van der Waals surface area contributed by atoms with E-state index >= 15 is 0 Å². The van der Waals surface area contributed by atoms with Crippen LogP contribution in [0.15, 0.2) is 22.6 Å². The van der Waals surface area contributed by atoms with Crippen LogP contribution >= 0.6 is 0 Å². The van der Waals surface area contributed by atoms with Crippen molar-refractivity contribution in [1.82, 2.24) is 10.2 Å². The van der Waals surface area contributed by atoms with Gasteiger partial charge in [0.2, 0.25) is 5.89 Å². The summed E-state index contributed by atoms with van der Waals surface area (Å²) >= 11 is 0. The normalized spacial score (nSPS) is 10.2. The molecule has 2 aromatic rings. The van der Waals surface area contributed by atoms with Gasteiger partial charge >= 0.3 is 0 Å². The number of hydrogen-bond acceptors (Lipinski definition) is 5. The van der Waals surface area contributed by atoms with Crippen LogP contribution in [0.5, 0.6) is 5.75 Å². The van der Waals surface area contributed by atoms with E-state index in [4.69, 9.17) is 9.15 Å². The summed E-state index contributed by atoms with van der Waals surface area (Å²) in [7, 11) is 0. The van der Waals surface area contributed by atoms with E-state index in [0.717, 1.165) is 6.07 Å². The van der Waals surface area contributed by atoms with E-state index in [1.807, 2.05) is 0 Å². The summed E-state index contributed by atoms with van der Waals surface area (Å²) in [5.74, 6) is 0.421. The van der Waals surface area contributed by atoms with E-state index in [0.29, 0.717) is 18.1 Å². The third-order valence-corrected chi connectivity index (χ3v) is 1.96. The van der Waals surface area contributed by atoms with Gasteiger partial charge in [0, 0.05) is 18.6 Å². The number of rotatable bonds is 4. The summed E-state index contributed by atoms with van der Waals surface area (Å²) < 4.78 is 23.4. The maximum absolute atomic E-state index is 13.1. The first-order valence-electron chi connectivity index (χ1n) is 4.85. The Labute approximate surface area is 96.2 Å². The molecular weight excluding hydrogens is 227 g/mol. The molecule has 0 N–H and O–H groups in total. The maximum atomic E-state index is 13.1. The molecule has 0 fully saturated rings. The molecule has 0 atom stereocenters. The molecule has 0 bridgehead atoms. The fourth-order valence-electron chi connectivity index (χ4n) is 1.28. The van der Waals surface area contributed by atoms with E-state index < -0.39 is 5.82 Å². The molecule has 0 radical (unpaired) electrons. The van der Waals surface area contributed by atoms with Crippen LogP contribution in [0.4, 0.5) is 4.39 Å². The topological polar surface area (TPSA) is 65.2 Å². The van der Waals surface area contributed by atoms with E-state index in [1.165, 1.54) is 12.1 Å². The van der Waals surface area contributed by atoms with Crippen LogP contribution in [0.25, 0.3) is 0 Å². The fraction of sp³-hybridized carbons (Fsp3) is 0.182. The minimum absolute atomic E-state index is 0.0303. The Morgan fingerprint density at radius 2 is 2.24 bits per heavy atom. The minimum atomic E-state index is -0.536. The Kier molecular flexibility index (Phi) is 3.13. The van der Waals surface area contributed by atoms with Crippen LogP contribution in [-0.2, 0) is 6.61 Å². The number of halogens is 1. The van der Waals surface area contributed by atoms with Crippen LogP contribution in [0, 0.1) is 12.7 Å². The number of nitrogens with zero attached hydrogens (tertiary/aromatic N) is 2. The lowest BCUT2D eigenvalue weighted by molar-refractivity contribution is 0.112. The van der Waals surface area contributed by atoms with Gasteiger partial charge in [-0.1, -0.05) is 0 Å². The number of carbonyl (C=O) groups is 1. The number of aldehydes is 1. The van der Waals surface area contributed by atoms with Gasteiger partial charge in [-0.25, -0.2) is 4.39 Å². The minimum Gasteiger partial charge on any atom is -0.484 e. The molecule has 17 heavy (non-hydrogen) atoms. The summed E-state index contributed by atoms with van der Waals surface area (Å²) in [4.78, 5) is 10.5. The SMILES string of the molecule is Cc1nnc(COc2cc(F)cc(C=O)c2)o1. The highest BCUT2D eigenvalue weighted by atomic mass is 19.1. The standard InChI is InChI=1S/C11H9FN2O3/c1-7-13-14-11(17-7)6-16-10-3-8(5-15)2-9(12)4-10/h2-5H,6H2,1H3. The lowest BCUT2D eigenvalue weighted by Gasteiger charge is -2.03. The van der Waals surface area contributed by atoms with E-state index in [-0.39, 0.29) is 17.9 Å². The second kappa shape index (κ2) is 4.73. The average Bonchev–Trinajstić information content (AvgIpc) is 2.72. The number of benzene rings is 1. The van der Waals surface area contributed by atoms with E-state index in [1.54, 1.807) is 6.92 Å². The molecule has 0 aliphatic carbocycles. The largest absolute Gasteiger partial charge is 0.484 e. The molecule has 0 saturated carbocycles. The number of ether oxygens (including phenoxy) is 1. The second-order valence-electron chi connectivity index (χ2n) is 3.34. The predicted molar refractivity (Wildman–Crippen MR) is 55.2 cm³/mol. The van der Waals surface area contributed by atoms with Gasteiger partial charge in [-0.2, -0.15) is 0 Å². The summed E-state index contributed by atoms with van der Waals surface area (Å²) in [6, 6.07) is 3.73. The lowest BCUT2D eigenvalue weighted by Crippen LogP contribution is -1.97. The van der Waals surface area contributed by atoms with Crippen molar-refractivity contribution in [3.63, 3.8) is 0 Å². The van der Waals surface area contributed by atoms with Crippen molar-refractivity contribution in [2.45, 2.75) is 13.5 Å². The van der Waals surface area contributed by atoms with Gasteiger partial charge in [0.1, 0.15) is 17.9 Å². The molecule has 5 nitrogen and oxygen atoms in total. The molecule has 1 heterocycles. The highest BCUT2D eigenvalue weighted by Crippen LogP contribution is 2.16. The zero-order chi connectivity index (χ0) is 12.3. The zero-order valence-electron chi connectivity index (χ0n) is 9.01. The van der Waals surface area contributed by atoms with E-state index in [2.05, 4.69) is 10.2 Å². The fourth-order valence-corrected chi connectivity index (χ4v) is 1.28. The van der Waals surface area contributed by atoms with Crippen LogP contribution in [0.2, 0.25) is 0 Å². The Hall–Kier alpha value is -2.24. The molecule has 0 amide bonds. The van der Waals surface area contributed by atoms with Crippen LogP contribution in [0.1, 0.15) is 22.1 Å². The second-order valence-corrected chi connectivity index (χ2v) is 3.34. The molecule has 6 heteroatoms.